The van der Waals surface area contributed by atoms with E-state index in [1.165, 1.54) is 19.2 Å². The smallest absolute Gasteiger partial charge is 0.296 e. The monoisotopic (exact) mass is 405 g/mol. The van der Waals surface area contributed by atoms with Gasteiger partial charge >= 0.3 is 0 Å². The fourth-order valence-electron chi connectivity index (χ4n) is 3.14. The molecule has 0 spiro atoms. The van der Waals surface area contributed by atoms with Crippen LogP contribution in [0.5, 0.6) is 5.75 Å². The standard InChI is InChI=1S/C23H23N3O4/c1-16(23(27)25-20-14-13-19(30-2)15-21(20)26(28)29)24-22(17-9-5-3-6-10-17)18-11-7-4-8-12-18/h3-16,22,24H,1-2H3,(H,25,27)/t16-/m0/s1. The molecule has 0 aliphatic rings. The Morgan fingerprint density at radius 1 is 0.967 bits per heavy atom. The van der Waals surface area contributed by atoms with Gasteiger partial charge in [-0.15, -0.1) is 0 Å². The summed E-state index contributed by atoms with van der Waals surface area (Å²) in [6.45, 7) is 1.73. The molecule has 3 aromatic carbocycles. The molecule has 0 aromatic heterocycles. The number of nitro groups is 1. The molecule has 0 heterocycles. The van der Waals surface area contributed by atoms with Gasteiger partial charge in [-0.05, 0) is 30.2 Å². The third-order valence-corrected chi connectivity index (χ3v) is 4.74. The second kappa shape index (κ2) is 9.67. The summed E-state index contributed by atoms with van der Waals surface area (Å²) in [6, 6.07) is 23.1. The molecule has 0 radical (unpaired) electrons. The maximum absolute atomic E-state index is 12.8. The number of hydrogen-bond donors (Lipinski definition) is 2. The van der Waals surface area contributed by atoms with E-state index >= 15 is 0 Å². The molecule has 7 heteroatoms. The lowest BCUT2D eigenvalue weighted by atomic mass is 9.98. The first-order valence-electron chi connectivity index (χ1n) is 9.49. The fraction of sp³-hybridized carbons (Fsp3) is 0.174. The third-order valence-electron chi connectivity index (χ3n) is 4.74. The van der Waals surface area contributed by atoms with Crippen molar-refractivity contribution in [2.45, 2.75) is 19.0 Å². The molecular formula is C23H23N3O4. The van der Waals surface area contributed by atoms with Gasteiger partial charge < -0.3 is 10.1 Å². The van der Waals surface area contributed by atoms with Crippen molar-refractivity contribution < 1.29 is 14.5 Å². The molecule has 3 rings (SSSR count). The normalized spacial score (nSPS) is 11.7. The predicted molar refractivity (Wildman–Crippen MR) is 116 cm³/mol. The van der Waals surface area contributed by atoms with Crippen LogP contribution in [0.25, 0.3) is 0 Å². The molecule has 0 fully saturated rings. The van der Waals surface area contributed by atoms with Gasteiger partial charge in [0.25, 0.3) is 5.69 Å². The minimum Gasteiger partial charge on any atom is -0.496 e. The lowest BCUT2D eigenvalue weighted by Gasteiger charge is -2.24. The number of methoxy groups -OCH3 is 1. The quantitative estimate of drug-likeness (QED) is 0.430. The summed E-state index contributed by atoms with van der Waals surface area (Å²) in [5.74, 6) is -0.0285. The molecule has 0 saturated carbocycles. The van der Waals surface area contributed by atoms with E-state index in [0.717, 1.165) is 11.1 Å². The topological polar surface area (TPSA) is 93.5 Å². The highest BCUT2D eigenvalue weighted by Crippen LogP contribution is 2.29. The number of benzene rings is 3. The highest BCUT2D eigenvalue weighted by Gasteiger charge is 2.23. The minimum absolute atomic E-state index is 0.121. The Hall–Kier alpha value is -3.71. The van der Waals surface area contributed by atoms with Crippen LogP contribution in [0.15, 0.2) is 78.9 Å². The van der Waals surface area contributed by atoms with Crippen molar-refractivity contribution in [3.05, 3.63) is 100 Å². The van der Waals surface area contributed by atoms with Gasteiger partial charge in [0.15, 0.2) is 0 Å². The molecule has 7 nitrogen and oxygen atoms in total. The van der Waals surface area contributed by atoms with E-state index in [2.05, 4.69) is 10.6 Å². The number of anilines is 1. The average molecular weight is 405 g/mol. The number of carbonyl (C=O) groups excluding carboxylic acids is 1. The highest BCUT2D eigenvalue weighted by atomic mass is 16.6. The van der Waals surface area contributed by atoms with E-state index in [1.807, 2.05) is 60.7 Å². The Morgan fingerprint density at radius 3 is 2.03 bits per heavy atom. The molecular weight excluding hydrogens is 382 g/mol. The van der Waals surface area contributed by atoms with E-state index in [4.69, 9.17) is 4.74 Å². The van der Waals surface area contributed by atoms with Crippen LogP contribution in [-0.2, 0) is 4.79 Å². The molecule has 0 aliphatic carbocycles. The molecule has 0 saturated heterocycles. The molecule has 0 unspecified atom stereocenters. The first-order valence-corrected chi connectivity index (χ1v) is 9.49. The van der Waals surface area contributed by atoms with Crippen LogP contribution in [0.3, 0.4) is 0 Å². The highest BCUT2D eigenvalue weighted by molar-refractivity contribution is 5.96. The Balaban J connectivity index is 1.81. The van der Waals surface area contributed by atoms with E-state index in [1.54, 1.807) is 13.0 Å². The largest absolute Gasteiger partial charge is 0.496 e. The van der Waals surface area contributed by atoms with Crippen molar-refractivity contribution in [3.63, 3.8) is 0 Å². The van der Waals surface area contributed by atoms with Crippen LogP contribution in [0.2, 0.25) is 0 Å². The summed E-state index contributed by atoms with van der Waals surface area (Å²) < 4.78 is 5.03. The molecule has 2 N–H and O–H groups in total. The second-order valence-corrected chi connectivity index (χ2v) is 6.77. The number of rotatable bonds is 8. The number of nitro benzene ring substituents is 1. The first-order chi connectivity index (χ1) is 14.5. The van der Waals surface area contributed by atoms with Gasteiger partial charge in [0.1, 0.15) is 11.4 Å². The number of nitrogens with one attached hydrogen (secondary N) is 2. The zero-order valence-electron chi connectivity index (χ0n) is 16.7. The molecule has 154 valence electrons. The van der Waals surface area contributed by atoms with E-state index in [9.17, 15) is 14.9 Å². The van der Waals surface area contributed by atoms with Gasteiger partial charge in [-0.1, -0.05) is 60.7 Å². The van der Waals surface area contributed by atoms with Crippen LogP contribution >= 0.6 is 0 Å². The van der Waals surface area contributed by atoms with Crippen molar-refractivity contribution in [2.75, 3.05) is 12.4 Å². The van der Waals surface area contributed by atoms with Crippen molar-refractivity contribution in [1.29, 1.82) is 0 Å². The molecule has 3 aromatic rings. The fourth-order valence-corrected chi connectivity index (χ4v) is 3.14. The molecule has 0 aliphatic heterocycles. The van der Waals surface area contributed by atoms with Gasteiger partial charge in [-0.25, -0.2) is 0 Å². The van der Waals surface area contributed by atoms with Crippen LogP contribution < -0.4 is 15.4 Å². The molecule has 1 amide bonds. The van der Waals surface area contributed by atoms with E-state index in [0.29, 0.717) is 5.75 Å². The van der Waals surface area contributed by atoms with E-state index < -0.39 is 11.0 Å². The van der Waals surface area contributed by atoms with Gasteiger partial charge in [-0.3, -0.25) is 20.2 Å². The van der Waals surface area contributed by atoms with Crippen LogP contribution in [0.1, 0.15) is 24.1 Å². The summed E-state index contributed by atoms with van der Waals surface area (Å²) >= 11 is 0. The SMILES string of the molecule is COc1ccc(NC(=O)[C@H](C)NC(c2ccccc2)c2ccccc2)c([N+](=O)[O-])c1. The summed E-state index contributed by atoms with van der Waals surface area (Å²) in [7, 11) is 1.43. The molecule has 1 atom stereocenters. The van der Waals surface area contributed by atoms with Crippen molar-refractivity contribution in [3.8, 4) is 5.75 Å². The Kier molecular flexibility index (Phi) is 6.77. The number of amides is 1. The summed E-state index contributed by atoms with van der Waals surface area (Å²) in [5, 5.41) is 17.4. The molecule has 0 bridgehead atoms. The summed E-state index contributed by atoms with van der Waals surface area (Å²) in [5.41, 5.74) is 1.92. The Morgan fingerprint density at radius 2 is 1.53 bits per heavy atom. The lowest BCUT2D eigenvalue weighted by Crippen LogP contribution is -2.40. The van der Waals surface area contributed by atoms with E-state index in [-0.39, 0.29) is 23.3 Å². The van der Waals surface area contributed by atoms with Crippen molar-refractivity contribution in [2.24, 2.45) is 0 Å². The molecule has 30 heavy (non-hydrogen) atoms. The minimum atomic E-state index is -0.614. The summed E-state index contributed by atoms with van der Waals surface area (Å²) in [4.78, 5) is 23.6. The zero-order chi connectivity index (χ0) is 21.5. The Bertz CT molecular complexity index is 970. The van der Waals surface area contributed by atoms with Gasteiger partial charge in [-0.2, -0.15) is 0 Å². The maximum atomic E-state index is 12.8. The third kappa shape index (κ3) is 5.01. The number of carbonyl (C=O) groups is 1. The average Bonchev–Trinajstić information content (AvgIpc) is 2.78. The summed E-state index contributed by atoms with van der Waals surface area (Å²) in [6.07, 6.45) is 0. The van der Waals surface area contributed by atoms with Crippen molar-refractivity contribution in [1.82, 2.24) is 5.32 Å². The zero-order valence-corrected chi connectivity index (χ0v) is 16.7. The number of nitrogens with zero attached hydrogens (tertiary/aromatic N) is 1. The van der Waals surface area contributed by atoms with Crippen LogP contribution in [-0.4, -0.2) is 24.0 Å². The van der Waals surface area contributed by atoms with Crippen LogP contribution in [0, 0.1) is 10.1 Å². The predicted octanol–water partition coefficient (Wildman–Crippen LogP) is 4.31. The second-order valence-electron chi connectivity index (χ2n) is 6.77. The Labute approximate surface area is 174 Å². The van der Waals surface area contributed by atoms with Crippen LogP contribution in [0.4, 0.5) is 11.4 Å². The van der Waals surface area contributed by atoms with Gasteiger partial charge in [0.05, 0.1) is 30.2 Å². The van der Waals surface area contributed by atoms with Gasteiger partial charge in [0.2, 0.25) is 5.91 Å². The van der Waals surface area contributed by atoms with Gasteiger partial charge in [0, 0.05) is 0 Å². The number of ether oxygens (including phenoxy) is 1. The number of hydrogen-bond acceptors (Lipinski definition) is 5. The lowest BCUT2D eigenvalue weighted by molar-refractivity contribution is -0.384. The maximum Gasteiger partial charge on any atom is 0.296 e. The first kappa shape index (κ1) is 21.0. The van der Waals surface area contributed by atoms with Crippen molar-refractivity contribution >= 4 is 17.3 Å².